The molecule has 31 heavy (non-hydrogen) atoms. The highest BCUT2D eigenvalue weighted by molar-refractivity contribution is 7.91. The molecule has 0 aliphatic heterocycles. The van der Waals surface area contributed by atoms with E-state index in [9.17, 15) is 18.0 Å². The Morgan fingerprint density at radius 2 is 1.68 bits per heavy atom. The summed E-state index contributed by atoms with van der Waals surface area (Å²) in [6, 6.07) is 13.3. The first-order valence-corrected chi connectivity index (χ1v) is 12.2. The highest BCUT2D eigenvalue weighted by atomic mass is 32.2. The summed E-state index contributed by atoms with van der Waals surface area (Å²) in [7, 11) is -1.55. The monoisotopic (exact) mass is 442 g/mol. The zero-order valence-electron chi connectivity index (χ0n) is 18.5. The molecule has 0 atom stereocenters. The lowest BCUT2D eigenvalue weighted by Gasteiger charge is -2.23. The molecule has 1 fully saturated rings. The van der Waals surface area contributed by atoms with Crippen LogP contribution in [0, 0.1) is 11.8 Å². The van der Waals surface area contributed by atoms with Gasteiger partial charge in [-0.25, -0.2) is 8.42 Å². The van der Waals surface area contributed by atoms with Crippen LogP contribution in [0.15, 0.2) is 53.4 Å². The van der Waals surface area contributed by atoms with Crippen LogP contribution < -0.4 is 4.90 Å². The molecule has 0 N–H and O–H groups in total. The molecule has 6 nitrogen and oxygen atoms in total. The van der Waals surface area contributed by atoms with Crippen LogP contribution in [0.25, 0.3) is 0 Å². The number of carbonyl (C=O) groups excluding carboxylic acids is 2. The van der Waals surface area contributed by atoms with E-state index in [2.05, 4.69) is 0 Å². The van der Waals surface area contributed by atoms with Gasteiger partial charge < -0.3 is 4.90 Å². The quantitative estimate of drug-likeness (QED) is 0.611. The summed E-state index contributed by atoms with van der Waals surface area (Å²) in [6.07, 6.45) is 1.94. The van der Waals surface area contributed by atoms with Gasteiger partial charge in [0.25, 0.3) is 5.91 Å². The number of amides is 2. The van der Waals surface area contributed by atoms with E-state index < -0.39 is 9.84 Å². The molecular formula is C24H30N2O4S. The third kappa shape index (κ3) is 5.73. The van der Waals surface area contributed by atoms with Gasteiger partial charge in [0.15, 0.2) is 9.84 Å². The summed E-state index contributed by atoms with van der Waals surface area (Å²) in [4.78, 5) is 28.6. The van der Waals surface area contributed by atoms with Gasteiger partial charge in [-0.05, 0) is 67.1 Å². The molecule has 0 aromatic heterocycles. The molecule has 1 saturated carbocycles. The molecule has 0 radical (unpaired) electrons. The van der Waals surface area contributed by atoms with Crippen LogP contribution in [-0.2, 0) is 14.6 Å². The summed E-state index contributed by atoms with van der Waals surface area (Å²) < 4.78 is 25.0. The summed E-state index contributed by atoms with van der Waals surface area (Å²) in [5.41, 5.74) is 1.61. The number of nitrogens with zero attached hydrogens (tertiary/aromatic N) is 2. The van der Waals surface area contributed by atoms with Crippen molar-refractivity contribution in [3.05, 3.63) is 54.1 Å². The Balaban J connectivity index is 1.87. The largest absolute Gasteiger partial charge is 0.341 e. The zero-order valence-corrected chi connectivity index (χ0v) is 19.4. The Labute approximate surface area is 184 Å². The second-order valence-electron chi connectivity index (χ2n) is 8.70. The third-order valence-electron chi connectivity index (χ3n) is 5.26. The molecule has 0 heterocycles. The fraction of sp³-hybridized carbons (Fsp3) is 0.417. The molecule has 0 saturated heterocycles. The molecule has 2 amide bonds. The highest BCUT2D eigenvalue weighted by Crippen LogP contribution is 2.33. The van der Waals surface area contributed by atoms with E-state index in [-0.39, 0.29) is 28.4 Å². The van der Waals surface area contributed by atoms with E-state index in [0.29, 0.717) is 29.4 Å². The summed E-state index contributed by atoms with van der Waals surface area (Å²) >= 11 is 0. The van der Waals surface area contributed by atoms with Crippen molar-refractivity contribution in [2.45, 2.75) is 38.5 Å². The second kappa shape index (κ2) is 9.22. The van der Waals surface area contributed by atoms with Gasteiger partial charge in [0.05, 0.1) is 10.6 Å². The lowest BCUT2D eigenvalue weighted by Crippen LogP contribution is -2.30. The Morgan fingerprint density at radius 3 is 2.23 bits per heavy atom. The van der Waals surface area contributed by atoms with E-state index in [4.69, 9.17) is 0 Å². The van der Waals surface area contributed by atoms with Crippen molar-refractivity contribution in [3.63, 3.8) is 0 Å². The van der Waals surface area contributed by atoms with Crippen molar-refractivity contribution >= 4 is 33.0 Å². The number of carbonyl (C=O) groups is 2. The first-order valence-electron chi connectivity index (χ1n) is 10.6. The van der Waals surface area contributed by atoms with Gasteiger partial charge in [-0.1, -0.05) is 19.9 Å². The van der Waals surface area contributed by atoms with Gasteiger partial charge in [0.2, 0.25) is 5.91 Å². The van der Waals surface area contributed by atoms with E-state index in [1.54, 1.807) is 60.5 Å². The Hall–Kier alpha value is -2.67. The minimum absolute atomic E-state index is 0.111. The molecule has 2 aromatic rings. The molecule has 1 aliphatic rings. The molecular weight excluding hydrogens is 412 g/mol. The maximum Gasteiger partial charge on any atom is 0.253 e. The second-order valence-corrected chi connectivity index (χ2v) is 10.7. The molecule has 1 aliphatic carbocycles. The first-order chi connectivity index (χ1) is 14.6. The Bertz CT molecular complexity index is 1060. The van der Waals surface area contributed by atoms with Gasteiger partial charge in [0, 0.05) is 37.5 Å². The van der Waals surface area contributed by atoms with Crippen LogP contribution in [0.1, 0.15) is 44.0 Å². The normalized spacial score (nSPS) is 13.8. The van der Waals surface area contributed by atoms with E-state index in [1.807, 2.05) is 13.8 Å². The van der Waals surface area contributed by atoms with Crippen LogP contribution in [0.5, 0.6) is 0 Å². The van der Waals surface area contributed by atoms with E-state index in [1.165, 1.54) is 11.8 Å². The number of rotatable bonds is 8. The van der Waals surface area contributed by atoms with Crippen LogP contribution >= 0.6 is 0 Å². The average Bonchev–Trinajstić information content (AvgIpc) is 3.50. The predicted molar refractivity (Wildman–Crippen MR) is 122 cm³/mol. The average molecular weight is 443 g/mol. The van der Waals surface area contributed by atoms with Gasteiger partial charge in [-0.15, -0.1) is 0 Å². The van der Waals surface area contributed by atoms with E-state index in [0.717, 1.165) is 12.8 Å². The van der Waals surface area contributed by atoms with Crippen molar-refractivity contribution < 1.29 is 18.0 Å². The Kier molecular flexibility index (Phi) is 6.84. The smallest absolute Gasteiger partial charge is 0.253 e. The molecule has 0 unspecified atom stereocenters. The minimum Gasteiger partial charge on any atom is -0.341 e. The van der Waals surface area contributed by atoms with Crippen LogP contribution in [0.2, 0.25) is 0 Å². The van der Waals surface area contributed by atoms with Crippen LogP contribution in [-0.4, -0.2) is 44.5 Å². The van der Waals surface area contributed by atoms with E-state index >= 15 is 0 Å². The van der Waals surface area contributed by atoms with Gasteiger partial charge >= 0.3 is 0 Å². The lowest BCUT2D eigenvalue weighted by atomic mass is 10.1. The van der Waals surface area contributed by atoms with Crippen molar-refractivity contribution in [2.24, 2.45) is 11.8 Å². The standard InChI is InChI=1S/C24H30N2O4S/c1-17(2)15-25(4)24(28)20-6-5-7-22(14-20)26(18(3)27)21-10-12-23(13-11-21)31(29,30)16-19-8-9-19/h5-7,10-14,17,19H,8-9,15-16H2,1-4H3. The lowest BCUT2D eigenvalue weighted by molar-refractivity contribution is -0.115. The molecule has 0 spiro atoms. The van der Waals surface area contributed by atoms with Gasteiger partial charge in [-0.3, -0.25) is 14.5 Å². The fourth-order valence-electron chi connectivity index (χ4n) is 3.64. The number of hydrogen-bond donors (Lipinski definition) is 0. The summed E-state index contributed by atoms with van der Waals surface area (Å²) in [5.74, 6) is 0.457. The van der Waals surface area contributed by atoms with Crippen LogP contribution in [0.3, 0.4) is 0 Å². The minimum atomic E-state index is -3.32. The topological polar surface area (TPSA) is 74.8 Å². The zero-order chi connectivity index (χ0) is 22.8. The highest BCUT2D eigenvalue weighted by Gasteiger charge is 2.29. The SMILES string of the molecule is CC(=O)N(c1ccc(S(=O)(=O)CC2CC2)cc1)c1cccc(C(=O)N(C)CC(C)C)c1. The Morgan fingerprint density at radius 1 is 1.03 bits per heavy atom. The molecule has 3 rings (SSSR count). The molecule has 166 valence electrons. The number of sulfone groups is 1. The first kappa shape index (κ1) is 23.0. The van der Waals surface area contributed by atoms with Gasteiger partial charge in [-0.2, -0.15) is 0 Å². The van der Waals surface area contributed by atoms with Crippen molar-refractivity contribution in [1.82, 2.24) is 4.90 Å². The molecule has 7 heteroatoms. The maximum atomic E-state index is 12.8. The van der Waals surface area contributed by atoms with Gasteiger partial charge in [0.1, 0.15) is 0 Å². The third-order valence-corrected chi connectivity index (χ3v) is 7.16. The maximum absolute atomic E-state index is 12.8. The van der Waals surface area contributed by atoms with Crippen molar-refractivity contribution in [1.29, 1.82) is 0 Å². The van der Waals surface area contributed by atoms with Crippen LogP contribution in [0.4, 0.5) is 11.4 Å². The molecule has 2 aromatic carbocycles. The number of benzene rings is 2. The molecule has 0 bridgehead atoms. The van der Waals surface area contributed by atoms with Crippen molar-refractivity contribution in [2.75, 3.05) is 24.2 Å². The summed E-state index contributed by atoms with van der Waals surface area (Å²) in [6.45, 7) is 6.17. The van der Waals surface area contributed by atoms with Crippen molar-refractivity contribution in [3.8, 4) is 0 Å². The number of anilines is 2. The fourth-order valence-corrected chi connectivity index (χ4v) is 5.33. The summed E-state index contributed by atoms with van der Waals surface area (Å²) in [5, 5.41) is 0. The predicted octanol–water partition coefficient (Wildman–Crippen LogP) is 4.28. The number of hydrogen-bond acceptors (Lipinski definition) is 4.